The average molecular weight is 349 g/mol. The van der Waals surface area contributed by atoms with Crippen LogP contribution in [0.15, 0.2) is 41.2 Å². The molecule has 1 fully saturated rings. The van der Waals surface area contributed by atoms with E-state index in [0.717, 1.165) is 48.7 Å². The highest BCUT2D eigenvalue weighted by atomic mass is 16.1. The number of pyridine rings is 1. The van der Waals surface area contributed by atoms with Gasteiger partial charge in [-0.25, -0.2) is 4.98 Å². The van der Waals surface area contributed by atoms with Gasteiger partial charge in [0.05, 0.1) is 17.6 Å². The van der Waals surface area contributed by atoms with Crippen molar-refractivity contribution in [3.8, 4) is 0 Å². The maximum absolute atomic E-state index is 12.2. The Morgan fingerprint density at radius 1 is 1.19 bits per heavy atom. The van der Waals surface area contributed by atoms with Crippen LogP contribution in [0.4, 0.5) is 5.69 Å². The summed E-state index contributed by atoms with van der Waals surface area (Å²) in [5, 5.41) is 0. The summed E-state index contributed by atoms with van der Waals surface area (Å²) in [6, 6.07) is 11.6. The minimum Gasteiger partial charge on any atom is -0.399 e. The number of nitrogens with two attached hydrogens (primary N) is 1. The van der Waals surface area contributed by atoms with Crippen LogP contribution in [0.2, 0.25) is 0 Å². The molecule has 26 heavy (non-hydrogen) atoms. The van der Waals surface area contributed by atoms with Gasteiger partial charge in [-0.2, -0.15) is 0 Å². The van der Waals surface area contributed by atoms with Crippen molar-refractivity contribution in [1.29, 1.82) is 0 Å². The molecule has 134 valence electrons. The highest BCUT2D eigenvalue weighted by molar-refractivity contribution is 5.79. The van der Waals surface area contributed by atoms with Gasteiger partial charge in [-0.15, -0.1) is 0 Å². The molecule has 1 aromatic carbocycles. The fourth-order valence-corrected chi connectivity index (χ4v) is 4.73. The molecule has 0 saturated carbocycles. The molecular formula is C20H23N5O. The first-order valence-electron chi connectivity index (χ1n) is 9.21. The van der Waals surface area contributed by atoms with E-state index in [1.54, 1.807) is 6.07 Å². The second kappa shape index (κ2) is 5.71. The van der Waals surface area contributed by atoms with Crippen molar-refractivity contribution in [2.45, 2.75) is 25.4 Å². The van der Waals surface area contributed by atoms with Crippen LogP contribution in [0.3, 0.4) is 0 Å². The predicted octanol–water partition coefficient (Wildman–Crippen LogP) is 1.94. The van der Waals surface area contributed by atoms with Gasteiger partial charge in [-0.1, -0.05) is 6.07 Å². The van der Waals surface area contributed by atoms with Crippen molar-refractivity contribution in [2.24, 2.45) is 13.0 Å². The Morgan fingerprint density at radius 3 is 2.96 bits per heavy atom. The normalized spacial score (nSPS) is 22.5. The lowest BCUT2D eigenvalue weighted by Crippen LogP contribution is -2.46. The van der Waals surface area contributed by atoms with Gasteiger partial charge in [0.25, 0.3) is 5.56 Å². The SMILES string of the molecule is Cn1c(CN2C[C@H]3C[C@@H](C2)c2cccc(=O)n2C3)nc2cc(N)ccc21. The Bertz CT molecular complexity index is 1050. The second-order valence-corrected chi connectivity index (χ2v) is 7.73. The maximum Gasteiger partial charge on any atom is 0.250 e. The van der Waals surface area contributed by atoms with E-state index in [-0.39, 0.29) is 5.56 Å². The number of imidazole rings is 1. The minimum absolute atomic E-state index is 0.138. The number of nitrogens with zero attached hydrogens (tertiary/aromatic N) is 4. The summed E-state index contributed by atoms with van der Waals surface area (Å²) in [5.41, 5.74) is 10.0. The fraction of sp³-hybridized carbons (Fsp3) is 0.400. The Balaban J connectivity index is 1.43. The minimum atomic E-state index is 0.138. The molecule has 2 N–H and O–H groups in total. The predicted molar refractivity (Wildman–Crippen MR) is 102 cm³/mol. The molecule has 6 heteroatoms. The summed E-state index contributed by atoms with van der Waals surface area (Å²) in [5.74, 6) is 2.03. The molecule has 2 bridgehead atoms. The number of aryl methyl sites for hydroxylation is 1. The summed E-state index contributed by atoms with van der Waals surface area (Å²) in [4.78, 5) is 19.5. The zero-order valence-electron chi connectivity index (χ0n) is 14.9. The third kappa shape index (κ3) is 2.44. The lowest BCUT2D eigenvalue weighted by Gasteiger charge is -2.42. The monoisotopic (exact) mass is 349 g/mol. The number of benzene rings is 1. The first-order chi connectivity index (χ1) is 12.6. The van der Waals surface area contributed by atoms with Gasteiger partial charge in [0.15, 0.2) is 0 Å². The highest BCUT2D eigenvalue weighted by Crippen LogP contribution is 2.35. The lowest BCUT2D eigenvalue weighted by molar-refractivity contribution is 0.111. The zero-order valence-corrected chi connectivity index (χ0v) is 14.9. The molecule has 0 amide bonds. The van der Waals surface area contributed by atoms with Crippen molar-refractivity contribution in [1.82, 2.24) is 19.0 Å². The van der Waals surface area contributed by atoms with Gasteiger partial charge in [0.2, 0.25) is 0 Å². The van der Waals surface area contributed by atoms with Crippen molar-refractivity contribution in [3.63, 3.8) is 0 Å². The van der Waals surface area contributed by atoms with Crippen molar-refractivity contribution >= 4 is 16.7 Å². The quantitative estimate of drug-likeness (QED) is 0.718. The van der Waals surface area contributed by atoms with Crippen LogP contribution >= 0.6 is 0 Å². The first-order valence-corrected chi connectivity index (χ1v) is 9.21. The summed E-state index contributed by atoms with van der Waals surface area (Å²) in [6.07, 6.45) is 1.18. The van der Waals surface area contributed by atoms with Crippen molar-refractivity contribution in [2.75, 3.05) is 18.8 Å². The number of piperidine rings is 1. The van der Waals surface area contributed by atoms with Crippen LogP contribution in [-0.4, -0.2) is 32.1 Å². The Kier molecular flexibility index (Phi) is 3.43. The first kappa shape index (κ1) is 15.6. The summed E-state index contributed by atoms with van der Waals surface area (Å²) < 4.78 is 4.14. The molecule has 6 nitrogen and oxygen atoms in total. The molecule has 0 radical (unpaired) electrons. The molecule has 0 unspecified atom stereocenters. The summed E-state index contributed by atoms with van der Waals surface area (Å²) in [7, 11) is 2.07. The van der Waals surface area contributed by atoms with Crippen LogP contribution in [0, 0.1) is 5.92 Å². The number of nitrogen functional groups attached to an aromatic ring is 1. The highest BCUT2D eigenvalue weighted by Gasteiger charge is 2.34. The third-order valence-corrected chi connectivity index (χ3v) is 5.92. The Labute approximate surface area is 151 Å². The van der Waals surface area contributed by atoms with E-state index in [9.17, 15) is 4.79 Å². The molecule has 3 aromatic rings. The summed E-state index contributed by atoms with van der Waals surface area (Å²) >= 11 is 0. The van der Waals surface area contributed by atoms with E-state index in [1.165, 1.54) is 12.1 Å². The fourth-order valence-electron chi connectivity index (χ4n) is 4.73. The zero-order chi connectivity index (χ0) is 17.8. The molecule has 4 heterocycles. The lowest BCUT2D eigenvalue weighted by atomic mass is 9.83. The van der Waals surface area contributed by atoms with E-state index < -0.39 is 0 Å². The van der Waals surface area contributed by atoms with E-state index >= 15 is 0 Å². The Morgan fingerprint density at radius 2 is 2.08 bits per heavy atom. The molecule has 2 aliphatic heterocycles. The molecule has 0 aliphatic carbocycles. The topological polar surface area (TPSA) is 69.1 Å². The van der Waals surface area contributed by atoms with E-state index in [1.807, 2.05) is 28.8 Å². The largest absolute Gasteiger partial charge is 0.399 e. The van der Waals surface area contributed by atoms with Gasteiger partial charge >= 0.3 is 0 Å². The van der Waals surface area contributed by atoms with Gasteiger partial charge in [-0.05, 0) is 36.6 Å². The number of hydrogen-bond donors (Lipinski definition) is 1. The number of fused-ring (bicyclic) bond motifs is 5. The van der Waals surface area contributed by atoms with E-state index in [0.29, 0.717) is 11.8 Å². The molecule has 2 aromatic heterocycles. The number of aromatic nitrogens is 3. The number of likely N-dealkylation sites (tertiary alicyclic amines) is 1. The number of hydrogen-bond acceptors (Lipinski definition) is 4. The average Bonchev–Trinajstić information content (AvgIpc) is 2.91. The van der Waals surface area contributed by atoms with Crippen LogP contribution < -0.4 is 11.3 Å². The molecule has 5 rings (SSSR count). The van der Waals surface area contributed by atoms with Crippen molar-refractivity contribution < 1.29 is 0 Å². The van der Waals surface area contributed by atoms with Crippen LogP contribution in [0.1, 0.15) is 23.9 Å². The van der Waals surface area contributed by atoms with Crippen molar-refractivity contribution in [3.05, 3.63) is 58.3 Å². The second-order valence-electron chi connectivity index (χ2n) is 7.73. The van der Waals surface area contributed by atoms with Gasteiger partial charge in [0, 0.05) is 50.0 Å². The van der Waals surface area contributed by atoms with Crippen LogP contribution in [0.25, 0.3) is 11.0 Å². The van der Waals surface area contributed by atoms with Gasteiger partial charge < -0.3 is 14.9 Å². The Hall–Kier alpha value is -2.60. The smallest absolute Gasteiger partial charge is 0.250 e. The third-order valence-electron chi connectivity index (χ3n) is 5.92. The number of anilines is 1. The standard InChI is InChI=1S/C20H23N5O/c1-23-18-6-5-15(21)8-16(18)22-19(23)12-24-9-13-7-14(11-24)17-3-2-4-20(26)25(17)10-13/h2-6,8,13-14H,7,9-12,21H2,1H3/t13-,14+/m1/s1. The van der Waals surface area contributed by atoms with E-state index in [4.69, 9.17) is 10.7 Å². The van der Waals surface area contributed by atoms with Gasteiger partial charge in [0.1, 0.15) is 5.82 Å². The van der Waals surface area contributed by atoms with Crippen LogP contribution in [0.5, 0.6) is 0 Å². The maximum atomic E-state index is 12.2. The molecule has 1 saturated heterocycles. The van der Waals surface area contributed by atoms with Gasteiger partial charge in [-0.3, -0.25) is 9.69 Å². The van der Waals surface area contributed by atoms with E-state index in [2.05, 4.69) is 22.6 Å². The molecule has 2 aliphatic rings. The van der Waals surface area contributed by atoms with Crippen LogP contribution in [-0.2, 0) is 20.1 Å². The summed E-state index contributed by atoms with van der Waals surface area (Å²) in [6.45, 7) is 3.66. The molecule has 2 atom stereocenters. The number of rotatable bonds is 2. The molecule has 0 spiro atoms. The molecular weight excluding hydrogens is 326 g/mol.